The summed E-state index contributed by atoms with van der Waals surface area (Å²) in [7, 11) is 0. The zero-order chi connectivity index (χ0) is 25.1. The summed E-state index contributed by atoms with van der Waals surface area (Å²) in [5.74, 6) is 1.16. The van der Waals surface area contributed by atoms with Crippen LogP contribution in [-0.4, -0.2) is 56.5 Å². The molecule has 1 spiro atoms. The average molecular weight is 496 g/mol. The quantitative estimate of drug-likeness (QED) is 0.636. The van der Waals surface area contributed by atoms with Gasteiger partial charge < -0.3 is 19.4 Å². The van der Waals surface area contributed by atoms with E-state index in [1.807, 2.05) is 56.0 Å². The standard InChI is InChI=1S/C26H33N5O5/c1-25(2,3)36-23(32)27-18-11-17(12-18)21-28-29-22(35-21)19-13-26(9-10-26)20-14-30(19)24(33)31(20)34-15-16-7-5-4-6-8-16/h4-8,17-20H,9-15H2,1-3H3,(H,27,32)/t17?,18?,19-,20-/m0/s1. The first-order valence-corrected chi connectivity index (χ1v) is 12.8. The summed E-state index contributed by atoms with van der Waals surface area (Å²) in [5, 5.41) is 13.2. The van der Waals surface area contributed by atoms with Gasteiger partial charge in [-0.1, -0.05) is 30.3 Å². The van der Waals surface area contributed by atoms with E-state index in [4.69, 9.17) is 14.0 Å². The lowest BCUT2D eigenvalue weighted by Crippen LogP contribution is -2.45. The van der Waals surface area contributed by atoms with Crippen LogP contribution in [0.4, 0.5) is 9.59 Å². The van der Waals surface area contributed by atoms with E-state index in [1.165, 1.54) is 0 Å². The summed E-state index contributed by atoms with van der Waals surface area (Å²) < 4.78 is 11.5. The maximum Gasteiger partial charge on any atom is 0.407 e. The minimum atomic E-state index is -0.526. The van der Waals surface area contributed by atoms with Gasteiger partial charge in [-0.15, -0.1) is 10.2 Å². The van der Waals surface area contributed by atoms with Crippen molar-refractivity contribution in [2.45, 2.75) is 89.1 Å². The van der Waals surface area contributed by atoms with Crippen molar-refractivity contribution in [2.24, 2.45) is 5.41 Å². The van der Waals surface area contributed by atoms with Crippen molar-refractivity contribution in [1.82, 2.24) is 25.5 Å². The molecule has 6 rings (SSSR count). The number of rotatable bonds is 6. The van der Waals surface area contributed by atoms with Crippen molar-refractivity contribution in [1.29, 1.82) is 0 Å². The van der Waals surface area contributed by atoms with Gasteiger partial charge in [0, 0.05) is 18.5 Å². The van der Waals surface area contributed by atoms with Crippen LogP contribution in [0.3, 0.4) is 0 Å². The van der Waals surface area contributed by atoms with E-state index < -0.39 is 11.7 Å². The molecule has 0 radical (unpaired) electrons. The Bertz CT molecular complexity index is 1140. The van der Waals surface area contributed by atoms with Crippen molar-refractivity contribution in [3.8, 4) is 0 Å². The van der Waals surface area contributed by atoms with E-state index in [9.17, 15) is 9.59 Å². The Hall–Kier alpha value is -3.14. The molecule has 2 aliphatic carbocycles. The molecule has 2 aliphatic heterocycles. The van der Waals surface area contributed by atoms with E-state index in [0.29, 0.717) is 24.9 Å². The molecule has 0 unspecified atom stereocenters. The number of carbonyl (C=O) groups excluding carboxylic acids is 2. The molecule has 1 aromatic carbocycles. The normalized spacial score (nSPS) is 28.2. The summed E-state index contributed by atoms with van der Waals surface area (Å²) >= 11 is 0. The predicted molar refractivity (Wildman–Crippen MR) is 127 cm³/mol. The number of carbonyl (C=O) groups is 2. The fourth-order valence-electron chi connectivity index (χ4n) is 5.67. The Kier molecular flexibility index (Phi) is 5.47. The number of piperidine rings is 1. The van der Waals surface area contributed by atoms with Gasteiger partial charge in [-0.3, -0.25) is 4.84 Å². The smallest absolute Gasteiger partial charge is 0.407 e. The highest BCUT2D eigenvalue weighted by molar-refractivity contribution is 5.77. The monoisotopic (exact) mass is 495 g/mol. The SMILES string of the molecule is CC(C)(C)OC(=O)NC1CC(c2nnc([C@@H]3CC4(CC4)[C@@H]4CN3C(=O)N4OCc3ccccc3)o2)C1. The number of nitrogens with one attached hydrogen (secondary N) is 1. The van der Waals surface area contributed by atoms with E-state index >= 15 is 0 Å². The molecule has 2 bridgehead atoms. The van der Waals surface area contributed by atoms with Gasteiger partial charge in [-0.2, -0.15) is 5.06 Å². The maximum absolute atomic E-state index is 13.3. The lowest BCUT2D eigenvalue weighted by atomic mass is 9.80. The van der Waals surface area contributed by atoms with Gasteiger partial charge >= 0.3 is 12.1 Å². The lowest BCUT2D eigenvalue weighted by Gasteiger charge is -2.35. The minimum absolute atomic E-state index is 0.0286. The molecule has 2 saturated heterocycles. The average Bonchev–Trinajstić information content (AvgIpc) is 3.28. The van der Waals surface area contributed by atoms with Gasteiger partial charge in [0.05, 0.1) is 6.04 Å². The van der Waals surface area contributed by atoms with Crippen molar-refractivity contribution in [3.63, 3.8) is 0 Å². The van der Waals surface area contributed by atoms with Gasteiger partial charge in [0.25, 0.3) is 0 Å². The van der Waals surface area contributed by atoms with E-state index in [1.54, 1.807) is 5.06 Å². The number of ether oxygens (including phenoxy) is 1. The molecular formula is C26H33N5O5. The topological polar surface area (TPSA) is 110 Å². The molecule has 3 heterocycles. The van der Waals surface area contributed by atoms with E-state index in [2.05, 4.69) is 15.5 Å². The first kappa shape index (κ1) is 23.3. The Balaban J connectivity index is 1.09. The first-order chi connectivity index (χ1) is 17.2. The van der Waals surface area contributed by atoms with Crippen molar-refractivity contribution in [2.75, 3.05) is 6.54 Å². The number of nitrogens with zero attached hydrogens (tertiary/aromatic N) is 4. The Morgan fingerprint density at radius 1 is 1.17 bits per heavy atom. The Labute approximate surface area is 210 Å². The molecule has 192 valence electrons. The third kappa shape index (κ3) is 4.31. The first-order valence-electron chi connectivity index (χ1n) is 12.8. The van der Waals surface area contributed by atoms with Gasteiger partial charge in [0.15, 0.2) is 0 Å². The number of hydrogen-bond acceptors (Lipinski definition) is 7. The predicted octanol–water partition coefficient (Wildman–Crippen LogP) is 4.30. The molecule has 1 aromatic heterocycles. The zero-order valence-electron chi connectivity index (χ0n) is 21.0. The van der Waals surface area contributed by atoms with Crippen LogP contribution in [0.1, 0.15) is 82.2 Å². The summed E-state index contributed by atoms with van der Waals surface area (Å²) in [4.78, 5) is 33.2. The largest absolute Gasteiger partial charge is 0.444 e. The van der Waals surface area contributed by atoms with Crippen LogP contribution in [0, 0.1) is 5.41 Å². The number of urea groups is 1. The Morgan fingerprint density at radius 2 is 1.89 bits per heavy atom. The number of benzene rings is 1. The van der Waals surface area contributed by atoms with Gasteiger partial charge in [0.1, 0.15) is 18.2 Å². The van der Waals surface area contributed by atoms with Crippen LogP contribution in [0.15, 0.2) is 34.7 Å². The molecule has 10 heteroatoms. The molecule has 36 heavy (non-hydrogen) atoms. The third-order valence-electron chi connectivity index (χ3n) is 7.82. The van der Waals surface area contributed by atoms with Crippen LogP contribution in [0.2, 0.25) is 0 Å². The second-order valence-corrected chi connectivity index (χ2v) is 11.6. The van der Waals surface area contributed by atoms with Crippen LogP contribution in [-0.2, 0) is 16.2 Å². The van der Waals surface area contributed by atoms with Crippen molar-refractivity contribution in [3.05, 3.63) is 47.7 Å². The number of fused-ring (bicyclic) bond motifs is 3. The zero-order valence-corrected chi connectivity index (χ0v) is 21.0. The molecular weight excluding hydrogens is 462 g/mol. The van der Waals surface area contributed by atoms with Gasteiger partial charge in [0.2, 0.25) is 11.8 Å². The summed E-state index contributed by atoms with van der Waals surface area (Å²) in [5.41, 5.74) is 0.559. The molecule has 4 fully saturated rings. The van der Waals surface area contributed by atoms with Crippen LogP contribution < -0.4 is 5.32 Å². The number of aromatic nitrogens is 2. The van der Waals surface area contributed by atoms with Crippen LogP contribution in [0.25, 0.3) is 0 Å². The molecule has 2 aromatic rings. The highest BCUT2D eigenvalue weighted by Crippen LogP contribution is 2.61. The highest BCUT2D eigenvalue weighted by Gasteiger charge is 2.64. The van der Waals surface area contributed by atoms with Gasteiger partial charge in [-0.05, 0) is 63.9 Å². The van der Waals surface area contributed by atoms with Crippen LogP contribution in [0.5, 0.6) is 0 Å². The number of alkyl carbamates (subject to hydrolysis) is 1. The second-order valence-electron chi connectivity index (χ2n) is 11.6. The molecule has 3 amide bonds. The minimum Gasteiger partial charge on any atom is -0.444 e. The molecule has 10 nitrogen and oxygen atoms in total. The Morgan fingerprint density at radius 3 is 2.58 bits per heavy atom. The summed E-state index contributed by atoms with van der Waals surface area (Å²) in [6.07, 6.45) is 3.99. The molecule has 2 atom stereocenters. The lowest BCUT2D eigenvalue weighted by molar-refractivity contribution is -0.153. The van der Waals surface area contributed by atoms with E-state index in [0.717, 1.165) is 37.7 Å². The molecule has 4 aliphatic rings. The second kappa shape index (κ2) is 8.47. The van der Waals surface area contributed by atoms with Gasteiger partial charge in [-0.25, -0.2) is 9.59 Å². The number of hydrogen-bond donors (Lipinski definition) is 1. The third-order valence-corrected chi connectivity index (χ3v) is 7.82. The van der Waals surface area contributed by atoms with Crippen molar-refractivity contribution >= 4 is 12.1 Å². The summed E-state index contributed by atoms with van der Waals surface area (Å²) in [6, 6.07) is 9.61. The number of hydroxylamine groups is 2. The highest BCUT2D eigenvalue weighted by atomic mass is 16.7. The van der Waals surface area contributed by atoms with Crippen LogP contribution >= 0.6 is 0 Å². The fraction of sp³-hybridized carbons (Fsp3) is 0.615. The number of amides is 3. The molecule has 2 saturated carbocycles. The van der Waals surface area contributed by atoms with E-state index in [-0.39, 0.29) is 35.5 Å². The van der Waals surface area contributed by atoms with Crippen molar-refractivity contribution < 1.29 is 23.6 Å². The fourth-order valence-corrected chi connectivity index (χ4v) is 5.67. The maximum atomic E-state index is 13.3. The molecule has 1 N–H and O–H groups in total. The summed E-state index contributed by atoms with van der Waals surface area (Å²) in [6.45, 7) is 6.50.